The van der Waals surface area contributed by atoms with Crippen molar-refractivity contribution in [3.63, 3.8) is 0 Å². The van der Waals surface area contributed by atoms with Crippen LogP contribution in [0.1, 0.15) is 59.3 Å². The Bertz CT molecular complexity index is 277. The highest BCUT2D eigenvalue weighted by molar-refractivity contribution is 4.83. The van der Waals surface area contributed by atoms with Gasteiger partial charge in [0, 0.05) is 31.8 Å². The minimum atomic E-state index is 0.441. The molecule has 2 aliphatic rings. The Morgan fingerprint density at radius 3 is 2.55 bits per heavy atom. The first-order valence-corrected chi connectivity index (χ1v) is 8.53. The van der Waals surface area contributed by atoms with Gasteiger partial charge in [0.25, 0.3) is 0 Å². The molecule has 20 heavy (non-hydrogen) atoms. The monoisotopic (exact) mass is 282 g/mol. The first-order valence-electron chi connectivity index (χ1n) is 8.53. The van der Waals surface area contributed by atoms with E-state index in [1.54, 1.807) is 0 Å². The smallest absolute Gasteiger partial charge is 0.0726 e. The molecule has 2 fully saturated rings. The number of nitrogens with zero attached hydrogens (tertiary/aromatic N) is 1. The molecule has 1 N–H and O–H groups in total. The van der Waals surface area contributed by atoms with E-state index in [1.807, 2.05) is 0 Å². The van der Waals surface area contributed by atoms with Gasteiger partial charge in [0.1, 0.15) is 0 Å². The van der Waals surface area contributed by atoms with Gasteiger partial charge in [-0.25, -0.2) is 0 Å². The van der Waals surface area contributed by atoms with Crippen LogP contribution in [-0.4, -0.2) is 49.8 Å². The van der Waals surface area contributed by atoms with Crippen LogP contribution in [-0.2, 0) is 4.74 Å². The highest BCUT2D eigenvalue weighted by Crippen LogP contribution is 2.36. The van der Waals surface area contributed by atoms with Crippen molar-refractivity contribution in [2.75, 3.05) is 26.7 Å². The second-order valence-electron chi connectivity index (χ2n) is 7.67. The summed E-state index contributed by atoms with van der Waals surface area (Å²) in [6.07, 6.45) is 8.38. The zero-order chi connectivity index (χ0) is 14.6. The minimum Gasteiger partial charge on any atom is -0.377 e. The van der Waals surface area contributed by atoms with E-state index >= 15 is 0 Å². The number of hydrogen-bond donors (Lipinski definition) is 1. The molecule has 0 amide bonds. The Balaban J connectivity index is 1.61. The first-order chi connectivity index (χ1) is 9.48. The van der Waals surface area contributed by atoms with Crippen molar-refractivity contribution < 1.29 is 4.74 Å². The summed E-state index contributed by atoms with van der Waals surface area (Å²) in [4.78, 5) is 2.56. The maximum absolute atomic E-state index is 5.74. The lowest BCUT2D eigenvalue weighted by atomic mass is 9.75. The molecule has 2 rings (SSSR count). The van der Waals surface area contributed by atoms with E-state index in [1.165, 1.54) is 38.5 Å². The SMILES string of the molecule is CC(NCCN(C)C1CCC(C)(C)CC1)C1CCCO1. The van der Waals surface area contributed by atoms with E-state index < -0.39 is 0 Å². The summed E-state index contributed by atoms with van der Waals surface area (Å²) in [6, 6.07) is 1.29. The third kappa shape index (κ3) is 4.71. The van der Waals surface area contributed by atoms with Gasteiger partial charge in [-0.2, -0.15) is 0 Å². The molecule has 1 saturated carbocycles. The molecule has 0 aromatic rings. The van der Waals surface area contributed by atoms with Crippen LogP contribution in [0.4, 0.5) is 0 Å². The molecule has 1 saturated heterocycles. The minimum absolute atomic E-state index is 0.441. The molecular weight excluding hydrogens is 248 g/mol. The fraction of sp³-hybridized carbons (Fsp3) is 1.00. The Kier molecular flexibility index (Phi) is 5.88. The summed E-state index contributed by atoms with van der Waals surface area (Å²) in [5, 5.41) is 3.64. The van der Waals surface area contributed by atoms with E-state index in [2.05, 4.69) is 38.0 Å². The van der Waals surface area contributed by atoms with Crippen LogP contribution in [0.3, 0.4) is 0 Å². The number of rotatable bonds is 6. The van der Waals surface area contributed by atoms with Crippen LogP contribution < -0.4 is 5.32 Å². The Morgan fingerprint density at radius 2 is 1.95 bits per heavy atom. The molecule has 3 nitrogen and oxygen atoms in total. The highest BCUT2D eigenvalue weighted by Gasteiger charge is 2.28. The molecule has 2 atom stereocenters. The van der Waals surface area contributed by atoms with E-state index in [0.29, 0.717) is 17.6 Å². The fourth-order valence-electron chi connectivity index (χ4n) is 3.60. The molecule has 1 heterocycles. The van der Waals surface area contributed by atoms with Crippen molar-refractivity contribution in [2.45, 2.75) is 77.5 Å². The molecule has 0 spiro atoms. The summed E-state index contributed by atoms with van der Waals surface area (Å²) in [5.74, 6) is 0. The van der Waals surface area contributed by atoms with Crippen LogP contribution in [0.2, 0.25) is 0 Å². The summed E-state index contributed by atoms with van der Waals surface area (Å²) < 4.78 is 5.74. The first kappa shape index (κ1) is 16.3. The van der Waals surface area contributed by atoms with Crippen molar-refractivity contribution >= 4 is 0 Å². The van der Waals surface area contributed by atoms with Crippen LogP contribution in [0.15, 0.2) is 0 Å². The van der Waals surface area contributed by atoms with Gasteiger partial charge in [-0.15, -0.1) is 0 Å². The van der Waals surface area contributed by atoms with Crippen molar-refractivity contribution in [3.8, 4) is 0 Å². The lowest BCUT2D eigenvalue weighted by Gasteiger charge is -2.38. The average Bonchev–Trinajstić information content (AvgIpc) is 2.92. The predicted molar refractivity (Wildman–Crippen MR) is 85.1 cm³/mol. The molecule has 118 valence electrons. The summed E-state index contributed by atoms with van der Waals surface area (Å²) in [7, 11) is 2.29. The number of nitrogens with one attached hydrogen (secondary N) is 1. The van der Waals surface area contributed by atoms with Crippen LogP contribution in [0.25, 0.3) is 0 Å². The highest BCUT2D eigenvalue weighted by atomic mass is 16.5. The van der Waals surface area contributed by atoms with Gasteiger partial charge in [-0.05, 0) is 57.9 Å². The molecule has 1 aliphatic heterocycles. The van der Waals surface area contributed by atoms with E-state index in [9.17, 15) is 0 Å². The molecule has 3 heteroatoms. The van der Waals surface area contributed by atoms with Crippen LogP contribution in [0.5, 0.6) is 0 Å². The van der Waals surface area contributed by atoms with Gasteiger partial charge in [0.05, 0.1) is 6.10 Å². The molecular formula is C17H34N2O. The average molecular weight is 282 g/mol. The zero-order valence-electron chi connectivity index (χ0n) is 14.0. The molecule has 0 radical (unpaired) electrons. The van der Waals surface area contributed by atoms with Gasteiger partial charge in [0.15, 0.2) is 0 Å². The number of hydrogen-bond acceptors (Lipinski definition) is 3. The van der Waals surface area contributed by atoms with E-state index in [-0.39, 0.29) is 0 Å². The fourth-order valence-corrected chi connectivity index (χ4v) is 3.60. The Morgan fingerprint density at radius 1 is 1.25 bits per heavy atom. The van der Waals surface area contributed by atoms with Gasteiger partial charge < -0.3 is 15.0 Å². The topological polar surface area (TPSA) is 24.5 Å². The quantitative estimate of drug-likeness (QED) is 0.810. The Labute approximate surface area is 125 Å². The Hall–Kier alpha value is -0.120. The zero-order valence-corrected chi connectivity index (χ0v) is 14.0. The lowest BCUT2D eigenvalue weighted by Crippen LogP contribution is -2.44. The van der Waals surface area contributed by atoms with E-state index in [4.69, 9.17) is 4.74 Å². The van der Waals surface area contributed by atoms with Crippen molar-refractivity contribution in [1.82, 2.24) is 10.2 Å². The molecule has 1 aliphatic carbocycles. The largest absolute Gasteiger partial charge is 0.377 e. The summed E-state index contributed by atoms with van der Waals surface area (Å²) >= 11 is 0. The maximum atomic E-state index is 5.74. The normalized spacial score (nSPS) is 28.9. The third-order valence-electron chi connectivity index (χ3n) is 5.39. The van der Waals surface area contributed by atoms with Crippen molar-refractivity contribution in [3.05, 3.63) is 0 Å². The maximum Gasteiger partial charge on any atom is 0.0726 e. The lowest BCUT2D eigenvalue weighted by molar-refractivity contribution is 0.0806. The van der Waals surface area contributed by atoms with Crippen molar-refractivity contribution in [2.24, 2.45) is 5.41 Å². The molecule has 0 aromatic heterocycles. The molecule has 2 unspecified atom stereocenters. The second kappa shape index (κ2) is 7.24. The van der Waals surface area contributed by atoms with E-state index in [0.717, 1.165) is 25.7 Å². The number of likely N-dealkylation sites (N-methyl/N-ethyl adjacent to an activating group) is 1. The molecule has 0 aromatic carbocycles. The third-order valence-corrected chi connectivity index (χ3v) is 5.39. The van der Waals surface area contributed by atoms with Crippen molar-refractivity contribution in [1.29, 1.82) is 0 Å². The number of ether oxygens (including phenoxy) is 1. The summed E-state index contributed by atoms with van der Waals surface area (Å²) in [6.45, 7) is 10.3. The van der Waals surface area contributed by atoms with Gasteiger partial charge in [0.2, 0.25) is 0 Å². The van der Waals surface area contributed by atoms with Gasteiger partial charge in [-0.3, -0.25) is 0 Å². The van der Waals surface area contributed by atoms with Crippen LogP contribution >= 0.6 is 0 Å². The van der Waals surface area contributed by atoms with Gasteiger partial charge >= 0.3 is 0 Å². The van der Waals surface area contributed by atoms with Crippen LogP contribution in [0, 0.1) is 5.41 Å². The second-order valence-corrected chi connectivity index (χ2v) is 7.67. The van der Waals surface area contributed by atoms with Gasteiger partial charge in [-0.1, -0.05) is 13.8 Å². The molecule has 0 bridgehead atoms. The summed E-state index contributed by atoms with van der Waals surface area (Å²) in [5.41, 5.74) is 0.573. The predicted octanol–water partition coefficient (Wildman–Crippen LogP) is 3.04. The standard InChI is InChI=1S/C17H34N2O/c1-14(16-6-5-13-20-16)18-11-12-19(4)15-7-9-17(2,3)10-8-15/h14-16,18H,5-13H2,1-4H3.